The van der Waals surface area contributed by atoms with E-state index in [9.17, 15) is 0 Å². The molecule has 14 heavy (non-hydrogen) atoms. The minimum Gasteiger partial charge on any atom is -0.324 e. The fraction of sp³-hybridized carbons (Fsp3) is 0.273. The van der Waals surface area contributed by atoms with Crippen molar-refractivity contribution >= 4 is 28.3 Å². The summed E-state index contributed by atoms with van der Waals surface area (Å²) >= 11 is 3.39. The van der Waals surface area contributed by atoms with E-state index in [4.69, 9.17) is 5.73 Å². The van der Waals surface area contributed by atoms with E-state index in [1.165, 1.54) is 0 Å². The number of halogens is 2. The second-order valence-electron chi connectivity index (χ2n) is 3.32. The zero-order valence-corrected chi connectivity index (χ0v) is 10.6. The summed E-state index contributed by atoms with van der Waals surface area (Å²) in [5.41, 5.74) is 8.25. The van der Waals surface area contributed by atoms with E-state index in [1.807, 2.05) is 31.2 Å². The molecular weight excluding hydrogens is 261 g/mol. The van der Waals surface area contributed by atoms with Gasteiger partial charge in [0.15, 0.2) is 0 Å². The lowest BCUT2D eigenvalue weighted by Gasteiger charge is -2.11. The lowest BCUT2D eigenvalue weighted by atomic mass is 10.0. The Morgan fingerprint density at radius 2 is 1.93 bits per heavy atom. The standard InChI is InChI=1S/C11H14BrN.ClH/c1-8(2)7-11(13)9-3-5-10(12)6-4-9;/h3-6,11H,1,7,13H2,2H3;1H/t11-;/m1./s1. The van der Waals surface area contributed by atoms with Crippen LogP contribution in [0.3, 0.4) is 0 Å². The highest BCUT2D eigenvalue weighted by Gasteiger charge is 2.04. The van der Waals surface area contributed by atoms with Gasteiger partial charge >= 0.3 is 0 Å². The lowest BCUT2D eigenvalue weighted by molar-refractivity contribution is 0.717. The van der Waals surface area contributed by atoms with Gasteiger partial charge in [0.05, 0.1) is 0 Å². The summed E-state index contributed by atoms with van der Waals surface area (Å²) in [5.74, 6) is 0. The van der Waals surface area contributed by atoms with Crippen molar-refractivity contribution < 1.29 is 0 Å². The molecule has 1 aromatic rings. The molecule has 78 valence electrons. The molecule has 0 saturated carbocycles. The molecule has 0 aromatic heterocycles. The van der Waals surface area contributed by atoms with Gasteiger partial charge in [0, 0.05) is 10.5 Å². The summed E-state index contributed by atoms with van der Waals surface area (Å²) in [4.78, 5) is 0. The summed E-state index contributed by atoms with van der Waals surface area (Å²) in [7, 11) is 0. The average Bonchev–Trinajstić information content (AvgIpc) is 2.04. The summed E-state index contributed by atoms with van der Waals surface area (Å²) in [6.45, 7) is 5.85. The van der Waals surface area contributed by atoms with Crippen LogP contribution in [0.5, 0.6) is 0 Å². The number of benzene rings is 1. The maximum absolute atomic E-state index is 5.97. The van der Waals surface area contributed by atoms with E-state index in [2.05, 4.69) is 22.5 Å². The highest BCUT2D eigenvalue weighted by Crippen LogP contribution is 2.19. The van der Waals surface area contributed by atoms with E-state index in [0.29, 0.717) is 0 Å². The zero-order valence-electron chi connectivity index (χ0n) is 8.16. The second kappa shape index (κ2) is 6.23. The van der Waals surface area contributed by atoms with Crippen molar-refractivity contribution in [1.82, 2.24) is 0 Å². The van der Waals surface area contributed by atoms with Crippen LogP contribution in [0.1, 0.15) is 24.9 Å². The minimum atomic E-state index is 0. The van der Waals surface area contributed by atoms with Gasteiger partial charge in [-0.15, -0.1) is 19.0 Å². The molecule has 0 amide bonds. The molecule has 1 aromatic carbocycles. The number of rotatable bonds is 3. The van der Waals surface area contributed by atoms with E-state index < -0.39 is 0 Å². The van der Waals surface area contributed by atoms with E-state index in [0.717, 1.165) is 22.0 Å². The van der Waals surface area contributed by atoms with Crippen LogP contribution >= 0.6 is 28.3 Å². The maximum Gasteiger partial charge on any atom is 0.0332 e. The Hall–Kier alpha value is -0.310. The fourth-order valence-electron chi connectivity index (χ4n) is 1.20. The van der Waals surface area contributed by atoms with E-state index in [-0.39, 0.29) is 18.4 Å². The average molecular weight is 277 g/mol. The molecule has 1 rings (SSSR count). The molecule has 0 aliphatic heterocycles. The Morgan fingerprint density at radius 1 is 1.43 bits per heavy atom. The van der Waals surface area contributed by atoms with Crippen LogP contribution in [0.15, 0.2) is 40.9 Å². The molecule has 0 radical (unpaired) electrons. The summed E-state index contributed by atoms with van der Waals surface area (Å²) in [6, 6.07) is 8.17. The molecule has 0 spiro atoms. The van der Waals surface area contributed by atoms with Crippen LogP contribution in [-0.2, 0) is 0 Å². The first-order valence-corrected chi connectivity index (χ1v) is 5.04. The van der Waals surface area contributed by atoms with Crippen molar-refractivity contribution in [1.29, 1.82) is 0 Å². The normalized spacial score (nSPS) is 11.6. The Bertz CT molecular complexity index is 295. The van der Waals surface area contributed by atoms with Gasteiger partial charge in [-0.25, -0.2) is 0 Å². The lowest BCUT2D eigenvalue weighted by Crippen LogP contribution is -2.09. The SMILES string of the molecule is C=C(C)C[C@@H](N)c1ccc(Br)cc1.Cl. The molecule has 0 unspecified atom stereocenters. The molecule has 3 heteroatoms. The molecule has 2 N–H and O–H groups in total. The topological polar surface area (TPSA) is 26.0 Å². The Balaban J connectivity index is 0.00000169. The molecule has 1 nitrogen and oxygen atoms in total. The van der Waals surface area contributed by atoms with Crippen LogP contribution < -0.4 is 5.73 Å². The predicted molar refractivity (Wildman–Crippen MR) is 67.7 cm³/mol. The first kappa shape index (κ1) is 13.7. The predicted octanol–water partition coefficient (Wildman–Crippen LogP) is 3.84. The van der Waals surface area contributed by atoms with Crippen molar-refractivity contribution in [3.63, 3.8) is 0 Å². The number of nitrogens with two attached hydrogens (primary N) is 1. The molecule has 1 atom stereocenters. The Labute approximate surface area is 99.9 Å². The number of hydrogen-bond acceptors (Lipinski definition) is 1. The molecule has 0 fully saturated rings. The van der Waals surface area contributed by atoms with E-state index >= 15 is 0 Å². The highest BCUT2D eigenvalue weighted by atomic mass is 79.9. The second-order valence-corrected chi connectivity index (χ2v) is 4.23. The van der Waals surface area contributed by atoms with Crippen LogP contribution in [-0.4, -0.2) is 0 Å². The quantitative estimate of drug-likeness (QED) is 0.834. The summed E-state index contributed by atoms with van der Waals surface area (Å²) in [5, 5.41) is 0. The van der Waals surface area contributed by atoms with Gasteiger partial charge in [-0.3, -0.25) is 0 Å². The largest absolute Gasteiger partial charge is 0.324 e. The summed E-state index contributed by atoms with van der Waals surface area (Å²) in [6.07, 6.45) is 0.849. The van der Waals surface area contributed by atoms with Gasteiger partial charge in [-0.1, -0.05) is 33.6 Å². The van der Waals surface area contributed by atoms with Gasteiger partial charge in [0.25, 0.3) is 0 Å². The van der Waals surface area contributed by atoms with Crippen LogP contribution in [0, 0.1) is 0 Å². The van der Waals surface area contributed by atoms with Gasteiger partial charge in [0.1, 0.15) is 0 Å². The maximum atomic E-state index is 5.97. The highest BCUT2D eigenvalue weighted by molar-refractivity contribution is 9.10. The van der Waals surface area contributed by atoms with Gasteiger partial charge in [0.2, 0.25) is 0 Å². The Morgan fingerprint density at radius 3 is 2.36 bits per heavy atom. The molecular formula is C11H15BrClN. The monoisotopic (exact) mass is 275 g/mol. The molecule has 0 aliphatic rings. The number of hydrogen-bond donors (Lipinski definition) is 1. The van der Waals surface area contributed by atoms with Crippen molar-refractivity contribution in [3.05, 3.63) is 46.5 Å². The van der Waals surface area contributed by atoms with Crippen LogP contribution in [0.2, 0.25) is 0 Å². The molecule has 0 heterocycles. The smallest absolute Gasteiger partial charge is 0.0332 e. The van der Waals surface area contributed by atoms with Crippen molar-refractivity contribution in [2.75, 3.05) is 0 Å². The van der Waals surface area contributed by atoms with E-state index in [1.54, 1.807) is 0 Å². The third kappa shape index (κ3) is 4.27. The Kier molecular flexibility index (Phi) is 6.09. The fourth-order valence-corrected chi connectivity index (χ4v) is 1.47. The third-order valence-corrected chi connectivity index (χ3v) is 2.40. The van der Waals surface area contributed by atoms with Crippen molar-refractivity contribution in [2.45, 2.75) is 19.4 Å². The first-order chi connectivity index (χ1) is 6.09. The van der Waals surface area contributed by atoms with Crippen molar-refractivity contribution in [2.24, 2.45) is 5.73 Å². The van der Waals surface area contributed by atoms with Gasteiger partial charge in [-0.2, -0.15) is 0 Å². The van der Waals surface area contributed by atoms with Crippen LogP contribution in [0.4, 0.5) is 0 Å². The van der Waals surface area contributed by atoms with Crippen LogP contribution in [0.25, 0.3) is 0 Å². The minimum absolute atomic E-state index is 0. The van der Waals surface area contributed by atoms with Gasteiger partial charge in [-0.05, 0) is 31.0 Å². The molecule has 0 aliphatic carbocycles. The molecule has 0 saturated heterocycles. The summed E-state index contributed by atoms with van der Waals surface area (Å²) < 4.78 is 1.08. The first-order valence-electron chi connectivity index (χ1n) is 4.25. The van der Waals surface area contributed by atoms with Crippen molar-refractivity contribution in [3.8, 4) is 0 Å². The zero-order chi connectivity index (χ0) is 9.84. The third-order valence-electron chi connectivity index (χ3n) is 1.87. The van der Waals surface area contributed by atoms with Gasteiger partial charge < -0.3 is 5.73 Å². The molecule has 0 bridgehead atoms.